The molecule has 0 aromatic heterocycles. The molecular formula is C6H13BrClN. The lowest BCUT2D eigenvalue weighted by molar-refractivity contribution is 0.260. The maximum Gasteiger partial charge on any atom is 0.00441 e. The van der Waals surface area contributed by atoms with E-state index in [1.54, 1.807) is 0 Å². The van der Waals surface area contributed by atoms with Crippen LogP contribution in [0.5, 0.6) is 0 Å². The molecule has 1 nitrogen and oxygen atoms in total. The zero-order chi connectivity index (χ0) is 5.98. The third-order valence-corrected chi connectivity index (χ3v) is 2.25. The third kappa shape index (κ3) is 2.87. The van der Waals surface area contributed by atoms with Crippen LogP contribution in [0.3, 0.4) is 0 Å². The Labute approximate surface area is 70.9 Å². The number of alkyl halides is 1. The fraction of sp³-hybridized carbons (Fsp3) is 1.00. The maximum absolute atomic E-state index is 5.58. The summed E-state index contributed by atoms with van der Waals surface area (Å²) in [6.07, 6.45) is 3.82. The fourth-order valence-corrected chi connectivity index (χ4v) is 1.82. The molecule has 3 heteroatoms. The summed E-state index contributed by atoms with van der Waals surface area (Å²) in [6.45, 7) is 0. The summed E-state index contributed by atoms with van der Waals surface area (Å²) in [4.78, 5) is 0. The van der Waals surface area contributed by atoms with E-state index >= 15 is 0 Å². The van der Waals surface area contributed by atoms with Crippen molar-refractivity contribution in [1.29, 1.82) is 0 Å². The monoisotopic (exact) mass is 213 g/mol. The Balaban J connectivity index is 0.000000640. The van der Waals surface area contributed by atoms with Crippen LogP contribution in [0.1, 0.15) is 19.3 Å². The second-order valence-electron chi connectivity index (χ2n) is 2.58. The molecule has 0 aromatic rings. The van der Waals surface area contributed by atoms with E-state index in [9.17, 15) is 0 Å². The number of rotatable bonds is 2. The molecule has 0 amide bonds. The molecule has 1 aliphatic carbocycles. The molecule has 56 valence electrons. The number of hydrogen-bond donors (Lipinski definition) is 1. The molecule has 0 unspecified atom stereocenters. The van der Waals surface area contributed by atoms with E-state index in [0.29, 0.717) is 6.04 Å². The van der Waals surface area contributed by atoms with Crippen molar-refractivity contribution in [2.24, 2.45) is 11.7 Å². The van der Waals surface area contributed by atoms with Gasteiger partial charge >= 0.3 is 0 Å². The van der Waals surface area contributed by atoms with Gasteiger partial charge in [0.15, 0.2) is 0 Å². The molecule has 1 fully saturated rings. The molecule has 2 N–H and O–H groups in total. The van der Waals surface area contributed by atoms with Gasteiger partial charge in [-0.05, 0) is 25.2 Å². The number of hydrogen-bond acceptors (Lipinski definition) is 1. The van der Waals surface area contributed by atoms with E-state index < -0.39 is 0 Å². The Hall–Kier alpha value is 0.730. The van der Waals surface area contributed by atoms with Crippen LogP contribution in [0.4, 0.5) is 0 Å². The van der Waals surface area contributed by atoms with Crippen molar-refractivity contribution in [2.45, 2.75) is 25.3 Å². The Morgan fingerprint density at radius 1 is 1.44 bits per heavy atom. The Morgan fingerprint density at radius 2 is 2.00 bits per heavy atom. The van der Waals surface area contributed by atoms with Crippen molar-refractivity contribution < 1.29 is 0 Å². The van der Waals surface area contributed by atoms with Crippen LogP contribution >= 0.6 is 28.3 Å². The minimum Gasteiger partial charge on any atom is -0.328 e. The zero-order valence-electron chi connectivity index (χ0n) is 5.35. The van der Waals surface area contributed by atoms with E-state index in [-0.39, 0.29) is 12.4 Å². The molecule has 0 aliphatic heterocycles. The molecule has 0 atom stereocenters. The second-order valence-corrected chi connectivity index (χ2v) is 3.37. The summed E-state index contributed by atoms with van der Waals surface area (Å²) in [7, 11) is 0. The van der Waals surface area contributed by atoms with Gasteiger partial charge in [-0.15, -0.1) is 12.4 Å². The zero-order valence-corrected chi connectivity index (χ0v) is 7.75. The lowest BCUT2D eigenvalue weighted by Gasteiger charge is -2.31. The first-order valence-corrected chi connectivity index (χ1v) is 4.26. The SMILES string of the molecule is Cl.NC1CC(CCBr)C1. The van der Waals surface area contributed by atoms with E-state index in [1.807, 2.05) is 0 Å². The van der Waals surface area contributed by atoms with Crippen molar-refractivity contribution in [3.05, 3.63) is 0 Å². The lowest BCUT2D eigenvalue weighted by atomic mass is 9.79. The number of halogens is 2. The van der Waals surface area contributed by atoms with Gasteiger partial charge in [0, 0.05) is 11.4 Å². The summed E-state index contributed by atoms with van der Waals surface area (Å²) in [6, 6.07) is 0.527. The van der Waals surface area contributed by atoms with E-state index in [4.69, 9.17) is 5.73 Å². The van der Waals surface area contributed by atoms with Gasteiger partial charge in [-0.2, -0.15) is 0 Å². The van der Waals surface area contributed by atoms with Crippen molar-refractivity contribution in [1.82, 2.24) is 0 Å². The highest BCUT2D eigenvalue weighted by molar-refractivity contribution is 9.09. The van der Waals surface area contributed by atoms with Gasteiger partial charge in [0.2, 0.25) is 0 Å². The van der Waals surface area contributed by atoms with Crippen LogP contribution in [0, 0.1) is 5.92 Å². The molecule has 1 rings (SSSR count). The first-order valence-electron chi connectivity index (χ1n) is 3.14. The standard InChI is InChI=1S/C6H12BrN.ClH/c7-2-1-5-3-6(8)4-5;/h5-6H,1-4,8H2;1H. The van der Waals surface area contributed by atoms with Gasteiger partial charge < -0.3 is 5.73 Å². The van der Waals surface area contributed by atoms with Crippen LogP contribution in [0.2, 0.25) is 0 Å². The lowest BCUT2D eigenvalue weighted by Crippen LogP contribution is -2.36. The van der Waals surface area contributed by atoms with Gasteiger partial charge in [-0.3, -0.25) is 0 Å². The quantitative estimate of drug-likeness (QED) is 0.699. The largest absolute Gasteiger partial charge is 0.328 e. The van der Waals surface area contributed by atoms with Gasteiger partial charge in [0.1, 0.15) is 0 Å². The Bertz CT molecular complexity index is 70.7. The maximum atomic E-state index is 5.58. The van der Waals surface area contributed by atoms with Crippen molar-refractivity contribution in [3.63, 3.8) is 0 Å². The summed E-state index contributed by atoms with van der Waals surface area (Å²) >= 11 is 3.40. The minimum atomic E-state index is 0. The molecule has 0 radical (unpaired) electrons. The van der Waals surface area contributed by atoms with E-state index in [1.165, 1.54) is 19.3 Å². The molecule has 0 saturated heterocycles. The van der Waals surface area contributed by atoms with Crippen LogP contribution in [0.15, 0.2) is 0 Å². The first-order chi connectivity index (χ1) is 3.83. The molecule has 0 heterocycles. The van der Waals surface area contributed by atoms with Crippen molar-refractivity contribution in [3.8, 4) is 0 Å². The summed E-state index contributed by atoms with van der Waals surface area (Å²) in [5.74, 6) is 0.935. The fourth-order valence-electron chi connectivity index (χ4n) is 1.18. The normalized spacial score (nSPS) is 32.7. The average Bonchev–Trinajstić information content (AvgIpc) is 1.64. The predicted octanol–water partition coefficient (Wildman–Crippen LogP) is 1.93. The number of nitrogens with two attached hydrogens (primary N) is 1. The molecule has 9 heavy (non-hydrogen) atoms. The molecule has 0 aromatic carbocycles. The van der Waals surface area contributed by atoms with Crippen LogP contribution in [0.25, 0.3) is 0 Å². The van der Waals surface area contributed by atoms with Crippen molar-refractivity contribution >= 4 is 28.3 Å². The molecular weight excluding hydrogens is 201 g/mol. The molecule has 1 aliphatic rings. The van der Waals surface area contributed by atoms with Gasteiger partial charge in [0.05, 0.1) is 0 Å². The van der Waals surface area contributed by atoms with E-state index in [2.05, 4.69) is 15.9 Å². The highest BCUT2D eigenvalue weighted by atomic mass is 79.9. The topological polar surface area (TPSA) is 26.0 Å². The summed E-state index contributed by atoms with van der Waals surface area (Å²) in [5, 5.41) is 1.14. The molecule has 0 bridgehead atoms. The predicted molar refractivity (Wildman–Crippen MR) is 46.4 cm³/mol. The van der Waals surface area contributed by atoms with Crippen LogP contribution in [-0.4, -0.2) is 11.4 Å². The second kappa shape index (κ2) is 4.53. The Kier molecular flexibility index (Phi) is 4.90. The molecule has 0 spiro atoms. The highest BCUT2D eigenvalue weighted by Crippen LogP contribution is 2.28. The van der Waals surface area contributed by atoms with Crippen molar-refractivity contribution in [2.75, 3.05) is 5.33 Å². The summed E-state index contributed by atoms with van der Waals surface area (Å²) in [5.41, 5.74) is 5.58. The van der Waals surface area contributed by atoms with Crippen LogP contribution < -0.4 is 5.73 Å². The van der Waals surface area contributed by atoms with Gasteiger partial charge in [-0.25, -0.2) is 0 Å². The summed E-state index contributed by atoms with van der Waals surface area (Å²) < 4.78 is 0. The third-order valence-electron chi connectivity index (χ3n) is 1.79. The van der Waals surface area contributed by atoms with E-state index in [0.717, 1.165) is 11.2 Å². The smallest absolute Gasteiger partial charge is 0.00441 e. The van der Waals surface area contributed by atoms with Gasteiger partial charge in [-0.1, -0.05) is 15.9 Å². The van der Waals surface area contributed by atoms with Crippen LogP contribution in [-0.2, 0) is 0 Å². The first kappa shape index (κ1) is 9.73. The van der Waals surface area contributed by atoms with Gasteiger partial charge in [0.25, 0.3) is 0 Å². The Morgan fingerprint density at radius 3 is 2.33 bits per heavy atom. The molecule has 1 saturated carbocycles. The highest BCUT2D eigenvalue weighted by Gasteiger charge is 2.24. The average molecular weight is 215 g/mol. The minimum absolute atomic E-state index is 0.